The highest BCUT2D eigenvalue weighted by atomic mass is 16.5. The van der Waals surface area contributed by atoms with Crippen LogP contribution in [0.15, 0.2) is 34.9 Å². The zero-order valence-corrected chi connectivity index (χ0v) is 11.1. The van der Waals surface area contributed by atoms with E-state index in [1.807, 2.05) is 27.1 Å². The summed E-state index contributed by atoms with van der Waals surface area (Å²) in [6, 6.07) is 10.5. The molecule has 1 N–H and O–H groups in total. The molecule has 18 heavy (non-hydrogen) atoms. The molecule has 0 amide bonds. The molecule has 0 unspecified atom stereocenters. The lowest BCUT2D eigenvalue weighted by Crippen LogP contribution is -2.12. The molecule has 4 heteroatoms. The molecule has 0 radical (unpaired) electrons. The van der Waals surface area contributed by atoms with E-state index in [1.165, 1.54) is 11.3 Å². The van der Waals surface area contributed by atoms with Gasteiger partial charge in [-0.2, -0.15) is 0 Å². The highest BCUT2D eigenvalue weighted by Crippen LogP contribution is 2.12. The summed E-state index contributed by atoms with van der Waals surface area (Å²) < 4.78 is 5.13. The van der Waals surface area contributed by atoms with Crippen molar-refractivity contribution in [3.05, 3.63) is 47.3 Å². The minimum Gasteiger partial charge on any atom is -0.378 e. The Morgan fingerprint density at radius 3 is 2.44 bits per heavy atom. The van der Waals surface area contributed by atoms with Gasteiger partial charge in [0.2, 0.25) is 0 Å². The van der Waals surface area contributed by atoms with Gasteiger partial charge in [0.15, 0.2) is 5.76 Å². The molecule has 0 bridgehead atoms. The number of nitrogens with one attached hydrogen (secondary N) is 1. The summed E-state index contributed by atoms with van der Waals surface area (Å²) in [6.45, 7) is 3.46. The molecule has 0 aliphatic rings. The molecule has 2 rings (SSSR count). The van der Waals surface area contributed by atoms with Crippen LogP contribution in [0.5, 0.6) is 0 Å². The average molecular weight is 245 g/mol. The smallest absolute Gasteiger partial charge is 0.150 e. The number of aromatic nitrogens is 1. The first-order valence-electron chi connectivity index (χ1n) is 6.04. The number of nitrogens with zero attached hydrogens (tertiary/aromatic N) is 2. The van der Waals surface area contributed by atoms with Crippen molar-refractivity contribution < 1.29 is 4.52 Å². The Balaban J connectivity index is 1.83. The Morgan fingerprint density at radius 1 is 1.17 bits per heavy atom. The van der Waals surface area contributed by atoms with E-state index in [0.717, 1.165) is 18.0 Å². The summed E-state index contributed by atoms with van der Waals surface area (Å²) in [6.07, 6.45) is 0. The van der Waals surface area contributed by atoms with E-state index < -0.39 is 0 Å². The summed E-state index contributed by atoms with van der Waals surface area (Å²) in [5.41, 5.74) is 3.39. The van der Waals surface area contributed by atoms with E-state index in [1.54, 1.807) is 0 Å². The van der Waals surface area contributed by atoms with Crippen LogP contribution >= 0.6 is 0 Å². The first kappa shape index (κ1) is 12.6. The summed E-state index contributed by atoms with van der Waals surface area (Å²) in [4.78, 5) is 2.09. The second-order valence-corrected chi connectivity index (χ2v) is 4.60. The van der Waals surface area contributed by atoms with E-state index in [4.69, 9.17) is 4.52 Å². The van der Waals surface area contributed by atoms with Crippen molar-refractivity contribution in [2.24, 2.45) is 0 Å². The highest BCUT2D eigenvalue weighted by Gasteiger charge is 2.00. The molecule has 4 nitrogen and oxygen atoms in total. The molecule has 2 aromatic rings. The quantitative estimate of drug-likeness (QED) is 0.878. The predicted molar refractivity (Wildman–Crippen MR) is 72.6 cm³/mol. The van der Waals surface area contributed by atoms with Crippen LogP contribution in [0.4, 0.5) is 5.69 Å². The number of hydrogen-bond donors (Lipinski definition) is 1. The minimum atomic E-state index is 0.705. The van der Waals surface area contributed by atoms with Crippen LogP contribution in [0.3, 0.4) is 0 Å². The van der Waals surface area contributed by atoms with Gasteiger partial charge >= 0.3 is 0 Å². The average Bonchev–Trinajstić information content (AvgIpc) is 2.76. The molecular formula is C14H19N3O. The van der Waals surface area contributed by atoms with Gasteiger partial charge in [0, 0.05) is 32.4 Å². The molecule has 96 valence electrons. The molecule has 0 aliphatic heterocycles. The second kappa shape index (κ2) is 5.69. The fraction of sp³-hybridized carbons (Fsp3) is 0.357. The molecule has 0 spiro atoms. The third-order valence-corrected chi connectivity index (χ3v) is 2.76. The number of hydrogen-bond acceptors (Lipinski definition) is 4. The monoisotopic (exact) mass is 245 g/mol. The van der Waals surface area contributed by atoms with Crippen LogP contribution in [-0.2, 0) is 13.1 Å². The summed E-state index contributed by atoms with van der Waals surface area (Å²) in [7, 11) is 4.08. The zero-order valence-electron chi connectivity index (χ0n) is 11.1. The lowest BCUT2D eigenvalue weighted by atomic mass is 10.2. The van der Waals surface area contributed by atoms with Gasteiger partial charge in [-0.3, -0.25) is 0 Å². The van der Waals surface area contributed by atoms with Crippen LogP contribution in [0, 0.1) is 6.92 Å². The van der Waals surface area contributed by atoms with Crippen LogP contribution < -0.4 is 10.2 Å². The predicted octanol–water partition coefficient (Wildman–Crippen LogP) is 2.34. The molecule has 0 saturated carbocycles. The van der Waals surface area contributed by atoms with Gasteiger partial charge in [0.25, 0.3) is 0 Å². The summed E-state index contributed by atoms with van der Waals surface area (Å²) in [5.74, 6) is 0.873. The Bertz CT molecular complexity index is 488. The third-order valence-electron chi connectivity index (χ3n) is 2.76. The van der Waals surface area contributed by atoms with Crippen LogP contribution in [0.2, 0.25) is 0 Å². The molecular weight excluding hydrogens is 226 g/mol. The van der Waals surface area contributed by atoms with Gasteiger partial charge < -0.3 is 14.7 Å². The minimum absolute atomic E-state index is 0.705. The normalized spacial score (nSPS) is 10.6. The van der Waals surface area contributed by atoms with E-state index in [2.05, 4.69) is 39.6 Å². The SMILES string of the molecule is Cc1cc(CNCc2ccc(N(C)C)cc2)on1. The number of benzene rings is 1. The van der Waals surface area contributed by atoms with Crippen molar-refractivity contribution >= 4 is 5.69 Å². The number of anilines is 1. The third kappa shape index (κ3) is 3.34. The molecule has 0 saturated heterocycles. The first-order valence-corrected chi connectivity index (χ1v) is 6.04. The largest absolute Gasteiger partial charge is 0.378 e. The van der Waals surface area contributed by atoms with Crippen LogP contribution in [0.25, 0.3) is 0 Å². The van der Waals surface area contributed by atoms with Crippen molar-refractivity contribution in [2.45, 2.75) is 20.0 Å². The lowest BCUT2D eigenvalue weighted by molar-refractivity contribution is 0.369. The number of rotatable bonds is 5. The topological polar surface area (TPSA) is 41.3 Å². The lowest BCUT2D eigenvalue weighted by Gasteiger charge is -2.12. The van der Waals surface area contributed by atoms with E-state index in [9.17, 15) is 0 Å². The van der Waals surface area contributed by atoms with Crippen molar-refractivity contribution in [1.82, 2.24) is 10.5 Å². The zero-order chi connectivity index (χ0) is 13.0. The van der Waals surface area contributed by atoms with Crippen molar-refractivity contribution in [3.8, 4) is 0 Å². The molecule has 1 heterocycles. The van der Waals surface area contributed by atoms with Crippen LogP contribution in [0.1, 0.15) is 17.0 Å². The van der Waals surface area contributed by atoms with Gasteiger partial charge in [-0.25, -0.2) is 0 Å². The van der Waals surface area contributed by atoms with Crippen LogP contribution in [-0.4, -0.2) is 19.3 Å². The second-order valence-electron chi connectivity index (χ2n) is 4.60. The van der Waals surface area contributed by atoms with E-state index >= 15 is 0 Å². The van der Waals surface area contributed by atoms with Crippen molar-refractivity contribution in [2.75, 3.05) is 19.0 Å². The van der Waals surface area contributed by atoms with Crippen molar-refractivity contribution in [1.29, 1.82) is 0 Å². The molecule has 0 aliphatic carbocycles. The van der Waals surface area contributed by atoms with Crippen molar-refractivity contribution in [3.63, 3.8) is 0 Å². The van der Waals surface area contributed by atoms with Gasteiger partial charge in [-0.1, -0.05) is 17.3 Å². The first-order chi connectivity index (χ1) is 8.65. The fourth-order valence-corrected chi connectivity index (χ4v) is 1.74. The van der Waals surface area contributed by atoms with E-state index in [-0.39, 0.29) is 0 Å². The maximum Gasteiger partial charge on any atom is 0.150 e. The van der Waals surface area contributed by atoms with E-state index in [0.29, 0.717) is 6.54 Å². The molecule has 1 aromatic carbocycles. The summed E-state index contributed by atoms with van der Waals surface area (Å²) >= 11 is 0. The fourth-order valence-electron chi connectivity index (χ4n) is 1.74. The van der Waals surface area contributed by atoms with Gasteiger partial charge in [-0.05, 0) is 24.6 Å². The summed E-state index contributed by atoms with van der Waals surface area (Å²) in [5, 5.41) is 7.19. The number of aryl methyl sites for hydroxylation is 1. The standard InChI is InChI=1S/C14H19N3O/c1-11-8-14(18-16-11)10-15-9-12-4-6-13(7-5-12)17(2)3/h4-8,15H,9-10H2,1-3H3. The van der Waals surface area contributed by atoms with Gasteiger partial charge in [0.1, 0.15) is 0 Å². The Morgan fingerprint density at radius 2 is 1.89 bits per heavy atom. The molecule has 1 aromatic heterocycles. The molecule has 0 atom stereocenters. The Hall–Kier alpha value is -1.81. The van der Waals surface area contributed by atoms with Gasteiger partial charge in [0.05, 0.1) is 12.2 Å². The molecule has 0 fully saturated rings. The Labute approximate surface area is 108 Å². The highest BCUT2D eigenvalue weighted by molar-refractivity contribution is 5.45. The maximum absolute atomic E-state index is 5.13. The Kier molecular flexibility index (Phi) is 3.99. The van der Waals surface area contributed by atoms with Gasteiger partial charge in [-0.15, -0.1) is 0 Å². The maximum atomic E-state index is 5.13.